The first-order chi connectivity index (χ1) is 14.8. The summed E-state index contributed by atoms with van der Waals surface area (Å²) in [6, 6.07) is 20.7. The highest BCUT2D eigenvalue weighted by Crippen LogP contribution is 2.21. The molecule has 3 aromatic rings. The van der Waals surface area contributed by atoms with Crippen LogP contribution in [0.2, 0.25) is 0 Å². The van der Waals surface area contributed by atoms with Gasteiger partial charge in [0.15, 0.2) is 0 Å². The van der Waals surface area contributed by atoms with Crippen molar-refractivity contribution in [2.75, 3.05) is 16.3 Å². The van der Waals surface area contributed by atoms with Crippen LogP contribution in [0, 0.1) is 5.82 Å². The van der Waals surface area contributed by atoms with Crippen LogP contribution in [-0.4, -0.2) is 20.6 Å². The highest BCUT2D eigenvalue weighted by Gasteiger charge is 2.09. The molecule has 0 aliphatic rings. The van der Waals surface area contributed by atoms with E-state index in [2.05, 4.69) is 10.0 Å². The van der Waals surface area contributed by atoms with Gasteiger partial charge < -0.3 is 10.1 Å². The number of carbonyl (C=O) groups is 1. The molecule has 0 unspecified atom stereocenters. The van der Waals surface area contributed by atoms with E-state index in [9.17, 15) is 17.6 Å². The molecule has 0 aliphatic heterocycles. The first-order valence-corrected chi connectivity index (χ1v) is 11.2. The second-order valence-electron chi connectivity index (χ2n) is 6.73. The standard InChI is InChI=1S/C23H21FN2O4S/c1-31(28,29)26-22-15-19(10-13-21(22)24)25-23(27)14-9-17-7-11-20(12-8-17)30-16-18-5-3-2-4-6-18/h2-15,26H,16H2,1H3,(H,25,27)/b14-9+. The van der Waals surface area contributed by atoms with Crippen LogP contribution in [0.3, 0.4) is 0 Å². The number of halogens is 1. The van der Waals surface area contributed by atoms with Gasteiger partial charge in [0.1, 0.15) is 18.2 Å². The van der Waals surface area contributed by atoms with E-state index >= 15 is 0 Å². The van der Waals surface area contributed by atoms with Gasteiger partial charge in [-0.2, -0.15) is 0 Å². The number of anilines is 2. The second kappa shape index (κ2) is 9.90. The zero-order chi connectivity index (χ0) is 22.3. The lowest BCUT2D eigenvalue weighted by molar-refractivity contribution is -0.111. The molecular weight excluding hydrogens is 419 g/mol. The average molecular weight is 440 g/mol. The maximum atomic E-state index is 13.7. The van der Waals surface area contributed by atoms with E-state index in [0.717, 1.165) is 23.4 Å². The zero-order valence-corrected chi connectivity index (χ0v) is 17.5. The number of carbonyl (C=O) groups excluding carboxylic acids is 1. The number of nitrogens with one attached hydrogen (secondary N) is 2. The SMILES string of the molecule is CS(=O)(=O)Nc1cc(NC(=O)/C=C/c2ccc(OCc3ccccc3)cc2)ccc1F. The normalized spacial score (nSPS) is 11.3. The zero-order valence-electron chi connectivity index (χ0n) is 16.7. The van der Waals surface area contributed by atoms with Gasteiger partial charge in [-0.05, 0) is 47.5 Å². The Morgan fingerprint density at radius 1 is 1.03 bits per heavy atom. The van der Waals surface area contributed by atoms with Crippen LogP contribution in [0.1, 0.15) is 11.1 Å². The average Bonchev–Trinajstić information content (AvgIpc) is 2.74. The number of rotatable bonds is 8. The van der Waals surface area contributed by atoms with Crippen molar-refractivity contribution < 1.29 is 22.3 Å². The van der Waals surface area contributed by atoms with Gasteiger partial charge in [0.25, 0.3) is 0 Å². The lowest BCUT2D eigenvalue weighted by Crippen LogP contribution is -2.12. The Morgan fingerprint density at radius 3 is 2.42 bits per heavy atom. The number of hydrogen-bond acceptors (Lipinski definition) is 4. The van der Waals surface area contributed by atoms with Crippen molar-refractivity contribution in [2.24, 2.45) is 0 Å². The van der Waals surface area contributed by atoms with Crippen LogP contribution in [0.25, 0.3) is 6.08 Å². The molecule has 160 valence electrons. The van der Waals surface area contributed by atoms with Crippen molar-refractivity contribution in [2.45, 2.75) is 6.61 Å². The second-order valence-corrected chi connectivity index (χ2v) is 8.48. The predicted octanol–water partition coefficient (Wildman–Crippen LogP) is 4.43. The number of ether oxygens (including phenoxy) is 1. The van der Waals surface area contributed by atoms with Crippen molar-refractivity contribution in [1.82, 2.24) is 0 Å². The molecule has 0 saturated heterocycles. The maximum absolute atomic E-state index is 13.7. The first-order valence-electron chi connectivity index (χ1n) is 9.32. The molecule has 0 aliphatic carbocycles. The van der Waals surface area contributed by atoms with E-state index in [4.69, 9.17) is 4.74 Å². The Labute approximate surface area is 180 Å². The third kappa shape index (κ3) is 7.27. The Bertz CT molecular complexity index is 1180. The third-order valence-corrected chi connectivity index (χ3v) is 4.68. The van der Waals surface area contributed by atoms with E-state index in [0.29, 0.717) is 12.4 Å². The van der Waals surface area contributed by atoms with Gasteiger partial charge in [0.2, 0.25) is 15.9 Å². The van der Waals surface area contributed by atoms with E-state index in [1.165, 1.54) is 18.2 Å². The van der Waals surface area contributed by atoms with Crippen LogP contribution in [0.5, 0.6) is 5.75 Å². The van der Waals surface area contributed by atoms with Crippen molar-refractivity contribution in [3.63, 3.8) is 0 Å². The summed E-state index contributed by atoms with van der Waals surface area (Å²) in [5.41, 5.74) is 1.88. The van der Waals surface area contributed by atoms with Gasteiger partial charge in [-0.25, -0.2) is 12.8 Å². The van der Waals surface area contributed by atoms with Crippen LogP contribution < -0.4 is 14.8 Å². The number of benzene rings is 3. The van der Waals surface area contributed by atoms with Gasteiger partial charge >= 0.3 is 0 Å². The highest BCUT2D eigenvalue weighted by molar-refractivity contribution is 7.92. The third-order valence-electron chi connectivity index (χ3n) is 4.08. The molecule has 6 nitrogen and oxygen atoms in total. The molecule has 0 heterocycles. The van der Waals surface area contributed by atoms with Gasteiger partial charge in [-0.15, -0.1) is 0 Å². The molecule has 0 radical (unpaired) electrons. The van der Waals surface area contributed by atoms with Crippen molar-refractivity contribution in [3.05, 3.63) is 95.8 Å². The van der Waals surface area contributed by atoms with Gasteiger partial charge in [0.05, 0.1) is 11.9 Å². The van der Waals surface area contributed by atoms with Crippen LogP contribution >= 0.6 is 0 Å². The van der Waals surface area contributed by atoms with Gasteiger partial charge in [0, 0.05) is 11.8 Å². The van der Waals surface area contributed by atoms with E-state index < -0.39 is 21.7 Å². The summed E-state index contributed by atoms with van der Waals surface area (Å²) < 4.78 is 44.1. The predicted molar refractivity (Wildman–Crippen MR) is 120 cm³/mol. The summed E-state index contributed by atoms with van der Waals surface area (Å²) in [4.78, 5) is 12.1. The lowest BCUT2D eigenvalue weighted by atomic mass is 10.2. The molecular formula is C23H21FN2O4S. The molecule has 3 aromatic carbocycles. The first kappa shape index (κ1) is 22.0. The number of sulfonamides is 1. The molecule has 1 amide bonds. The number of amides is 1. The number of hydrogen-bond donors (Lipinski definition) is 2. The molecule has 0 aromatic heterocycles. The Kier molecular flexibility index (Phi) is 7.04. The highest BCUT2D eigenvalue weighted by atomic mass is 32.2. The molecule has 8 heteroatoms. The molecule has 31 heavy (non-hydrogen) atoms. The molecule has 0 spiro atoms. The maximum Gasteiger partial charge on any atom is 0.248 e. The van der Waals surface area contributed by atoms with Gasteiger partial charge in [-0.1, -0.05) is 42.5 Å². The Balaban J connectivity index is 1.57. The molecule has 0 bridgehead atoms. The molecule has 0 atom stereocenters. The minimum absolute atomic E-state index is 0.240. The fraction of sp³-hybridized carbons (Fsp3) is 0.0870. The summed E-state index contributed by atoms with van der Waals surface area (Å²) >= 11 is 0. The summed E-state index contributed by atoms with van der Waals surface area (Å²) in [6.45, 7) is 0.465. The molecule has 2 N–H and O–H groups in total. The fourth-order valence-corrected chi connectivity index (χ4v) is 3.21. The van der Waals surface area contributed by atoms with E-state index in [1.54, 1.807) is 6.08 Å². The Morgan fingerprint density at radius 2 is 1.74 bits per heavy atom. The van der Waals surface area contributed by atoms with Crippen LogP contribution in [0.15, 0.2) is 78.9 Å². The minimum atomic E-state index is -3.64. The van der Waals surface area contributed by atoms with Crippen LogP contribution in [0.4, 0.5) is 15.8 Å². The van der Waals surface area contributed by atoms with Crippen molar-refractivity contribution >= 4 is 33.4 Å². The van der Waals surface area contributed by atoms with Crippen molar-refractivity contribution in [1.29, 1.82) is 0 Å². The van der Waals surface area contributed by atoms with E-state index in [1.807, 2.05) is 54.6 Å². The summed E-state index contributed by atoms with van der Waals surface area (Å²) in [5.74, 6) is -0.475. The quantitative estimate of drug-likeness (QED) is 0.508. The summed E-state index contributed by atoms with van der Waals surface area (Å²) in [7, 11) is -3.64. The summed E-state index contributed by atoms with van der Waals surface area (Å²) in [6.07, 6.45) is 3.86. The monoisotopic (exact) mass is 440 g/mol. The lowest BCUT2D eigenvalue weighted by Gasteiger charge is -2.08. The smallest absolute Gasteiger partial charge is 0.248 e. The Hall–Kier alpha value is -3.65. The molecule has 0 saturated carbocycles. The van der Waals surface area contributed by atoms with E-state index in [-0.39, 0.29) is 11.4 Å². The molecule has 0 fully saturated rings. The molecule has 3 rings (SSSR count). The van der Waals surface area contributed by atoms with Crippen LogP contribution in [-0.2, 0) is 21.4 Å². The largest absolute Gasteiger partial charge is 0.489 e. The summed E-state index contributed by atoms with van der Waals surface area (Å²) in [5, 5.41) is 2.56. The minimum Gasteiger partial charge on any atom is -0.489 e. The fourth-order valence-electron chi connectivity index (χ4n) is 2.65. The van der Waals surface area contributed by atoms with Gasteiger partial charge in [-0.3, -0.25) is 9.52 Å². The van der Waals surface area contributed by atoms with Crippen molar-refractivity contribution in [3.8, 4) is 5.75 Å². The topological polar surface area (TPSA) is 84.5 Å².